The lowest BCUT2D eigenvalue weighted by atomic mass is 9.98. The van der Waals surface area contributed by atoms with Gasteiger partial charge in [0.15, 0.2) is 0 Å². The minimum atomic E-state index is 0.188. The van der Waals surface area contributed by atoms with E-state index >= 15 is 0 Å². The van der Waals surface area contributed by atoms with Crippen molar-refractivity contribution in [3.8, 4) is 6.07 Å². The number of nitrogens with zero attached hydrogens (tertiary/aromatic N) is 3. The van der Waals surface area contributed by atoms with Crippen LogP contribution in [0.5, 0.6) is 0 Å². The van der Waals surface area contributed by atoms with Crippen LogP contribution in [-0.4, -0.2) is 29.3 Å². The zero-order valence-electron chi connectivity index (χ0n) is 11.7. The fraction of sp³-hybridized carbons (Fsp3) is 0.600. The molecule has 1 aromatic heterocycles. The molecule has 1 aliphatic heterocycles. The third-order valence-electron chi connectivity index (χ3n) is 3.80. The second-order valence-electron chi connectivity index (χ2n) is 5.25. The Morgan fingerprint density at radius 3 is 2.95 bits per heavy atom. The highest BCUT2D eigenvalue weighted by atomic mass is 16.3. The highest BCUT2D eigenvalue weighted by Gasteiger charge is 2.26. The SMILES string of the molecule is Cc1cc(C)c(C#N)c(N2CCCCC2CCO)n1. The van der Waals surface area contributed by atoms with Gasteiger partial charge in [-0.15, -0.1) is 0 Å². The molecule has 1 unspecified atom stereocenters. The summed E-state index contributed by atoms with van der Waals surface area (Å²) in [4.78, 5) is 6.80. The molecule has 0 saturated carbocycles. The van der Waals surface area contributed by atoms with Crippen molar-refractivity contribution in [3.63, 3.8) is 0 Å². The Labute approximate surface area is 114 Å². The summed E-state index contributed by atoms with van der Waals surface area (Å²) in [7, 11) is 0. The zero-order chi connectivity index (χ0) is 13.8. The number of nitriles is 1. The highest BCUT2D eigenvalue weighted by molar-refractivity contribution is 5.58. The van der Waals surface area contributed by atoms with Gasteiger partial charge in [-0.3, -0.25) is 0 Å². The summed E-state index contributed by atoms with van der Waals surface area (Å²) >= 11 is 0. The van der Waals surface area contributed by atoms with E-state index in [0.717, 1.165) is 42.9 Å². The molecule has 102 valence electrons. The molecular formula is C15H21N3O. The summed E-state index contributed by atoms with van der Waals surface area (Å²) in [5.41, 5.74) is 2.61. The number of hydrogen-bond acceptors (Lipinski definition) is 4. The normalized spacial score (nSPS) is 19.3. The quantitative estimate of drug-likeness (QED) is 0.905. The van der Waals surface area contributed by atoms with E-state index in [2.05, 4.69) is 16.0 Å². The van der Waals surface area contributed by atoms with Crippen molar-refractivity contribution in [2.45, 2.75) is 45.6 Å². The van der Waals surface area contributed by atoms with Crippen LogP contribution in [0, 0.1) is 25.2 Å². The Balaban J connectivity index is 2.41. The lowest BCUT2D eigenvalue weighted by Gasteiger charge is -2.37. The maximum atomic E-state index is 9.37. The number of aryl methyl sites for hydroxylation is 2. The van der Waals surface area contributed by atoms with Crippen molar-refractivity contribution >= 4 is 5.82 Å². The Hall–Kier alpha value is -1.60. The van der Waals surface area contributed by atoms with Crippen LogP contribution < -0.4 is 4.90 Å². The van der Waals surface area contributed by atoms with E-state index < -0.39 is 0 Å². The standard InChI is InChI=1S/C15H21N3O/c1-11-9-12(2)17-15(14(11)10-16)18-7-4-3-5-13(18)6-8-19/h9,13,19H,3-8H2,1-2H3. The molecule has 1 aliphatic rings. The van der Waals surface area contributed by atoms with Crippen LogP contribution in [0.2, 0.25) is 0 Å². The maximum Gasteiger partial charge on any atom is 0.147 e. The molecule has 1 fully saturated rings. The van der Waals surface area contributed by atoms with E-state index in [1.807, 2.05) is 19.9 Å². The van der Waals surface area contributed by atoms with E-state index in [9.17, 15) is 10.4 Å². The molecule has 0 spiro atoms. The molecule has 0 amide bonds. The monoisotopic (exact) mass is 259 g/mol. The van der Waals surface area contributed by atoms with Crippen molar-refractivity contribution < 1.29 is 5.11 Å². The molecule has 19 heavy (non-hydrogen) atoms. The zero-order valence-corrected chi connectivity index (χ0v) is 11.7. The van der Waals surface area contributed by atoms with Crippen LogP contribution in [0.3, 0.4) is 0 Å². The van der Waals surface area contributed by atoms with E-state index in [0.29, 0.717) is 11.6 Å². The molecule has 2 rings (SSSR count). The van der Waals surface area contributed by atoms with Gasteiger partial charge in [-0.05, 0) is 51.2 Å². The summed E-state index contributed by atoms with van der Waals surface area (Å²) in [6, 6.07) is 4.54. The first-order valence-electron chi connectivity index (χ1n) is 6.93. The van der Waals surface area contributed by atoms with Gasteiger partial charge < -0.3 is 10.0 Å². The van der Waals surface area contributed by atoms with Crippen LogP contribution in [0.1, 0.15) is 42.5 Å². The lowest BCUT2D eigenvalue weighted by molar-refractivity contribution is 0.262. The second kappa shape index (κ2) is 6.03. The third kappa shape index (κ3) is 2.87. The van der Waals surface area contributed by atoms with Crippen LogP contribution in [0.4, 0.5) is 5.82 Å². The van der Waals surface area contributed by atoms with Gasteiger partial charge in [-0.2, -0.15) is 5.26 Å². The largest absolute Gasteiger partial charge is 0.396 e. The number of pyridine rings is 1. The number of aliphatic hydroxyl groups excluding tert-OH is 1. The molecule has 1 N–H and O–H groups in total. The Kier molecular flexibility index (Phi) is 4.39. The number of anilines is 1. The van der Waals surface area contributed by atoms with Crippen molar-refractivity contribution in [1.29, 1.82) is 5.26 Å². The van der Waals surface area contributed by atoms with E-state index in [4.69, 9.17) is 0 Å². The van der Waals surface area contributed by atoms with Crippen LogP contribution in [-0.2, 0) is 0 Å². The Morgan fingerprint density at radius 2 is 2.26 bits per heavy atom. The summed E-state index contributed by atoms with van der Waals surface area (Å²) in [5.74, 6) is 0.804. The van der Waals surface area contributed by atoms with Crippen LogP contribution in [0.25, 0.3) is 0 Å². The summed E-state index contributed by atoms with van der Waals surface area (Å²) in [5, 5.41) is 18.6. The Morgan fingerprint density at radius 1 is 1.47 bits per heavy atom. The first kappa shape index (κ1) is 13.8. The second-order valence-corrected chi connectivity index (χ2v) is 5.25. The molecule has 2 heterocycles. The molecule has 0 aromatic carbocycles. The van der Waals surface area contributed by atoms with Crippen molar-refractivity contribution in [2.24, 2.45) is 0 Å². The van der Waals surface area contributed by atoms with Gasteiger partial charge >= 0.3 is 0 Å². The topological polar surface area (TPSA) is 60.2 Å². The molecule has 0 aliphatic carbocycles. The van der Waals surface area contributed by atoms with E-state index in [1.54, 1.807) is 0 Å². The van der Waals surface area contributed by atoms with Gasteiger partial charge in [0.2, 0.25) is 0 Å². The number of aromatic nitrogens is 1. The number of piperidine rings is 1. The van der Waals surface area contributed by atoms with Gasteiger partial charge in [-0.25, -0.2) is 4.98 Å². The first-order valence-corrected chi connectivity index (χ1v) is 6.93. The van der Waals surface area contributed by atoms with E-state index in [1.165, 1.54) is 6.42 Å². The number of rotatable bonds is 3. The van der Waals surface area contributed by atoms with Gasteiger partial charge in [0.05, 0.1) is 5.56 Å². The number of aliphatic hydroxyl groups is 1. The van der Waals surface area contributed by atoms with Gasteiger partial charge in [0.25, 0.3) is 0 Å². The fourth-order valence-corrected chi connectivity index (χ4v) is 2.89. The fourth-order valence-electron chi connectivity index (χ4n) is 2.89. The highest BCUT2D eigenvalue weighted by Crippen LogP contribution is 2.29. The number of hydrogen-bond donors (Lipinski definition) is 1. The molecule has 0 bridgehead atoms. The maximum absolute atomic E-state index is 9.37. The molecule has 1 aromatic rings. The van der Waals surface area contributed by atoms with Gasteiger partial charge in [-0.1, -0.05) is 0 Å². The van der Waals surface area contributed by atoms with Gasteiger partial charge in [0, 0.05) is 24.9 Å². The van der Waals surface area contributed by atoms with Crippen LogP contribution in [0.15, 0.2) is 6.07 Å². The van der Waals surface area contributed by atoms with Crippen molar-refractivity contribution in [1.82, 2.24) is 4.98 Å². The van der Waals surface area contributed by atoms with Crippen molar-refractivity contribution in [2.75, 3.05) is 18.1 Å². The molecule has 4 nitrogen and oxygen atoms in total. The van der Waals surface area contributed by atoms with Gasteiger partial charge in [0.1, 0.15) is 11.9 Å². The average Bonchev–Trinajstić information content (AvgIpc) is 2.39. The average molecular weight is 259 g/mol. The minimum Gasteiger partial charge on any atom is -0.396 e. The molecule has 1 saturated heterocycles. The Bertz CT molecular complexity index is 491. The third-order valence-corrected chi connectivity index (χ3v) is 3.80. The minimum absolute atomic E-state index is 0.188. The molecule has 1 atom stereocenters. The lowest BCUT2D eigenvalue weighted by Crippen LogP contribution is -2.41. The molecule has 0 radical (unpaired) electrons. The molecular weight excluding hydrogens is 238 g/mol. The predicted octanol–water partition coefficient (Wildman–Crippen LogP) is 2.31. The summed E-state index contributed by atoms with van der Waals surface area (Å²) < 4.78 is 0. The molecule has 4 heteroatoms. The first-order chi connectivity index (χ1) is 9.17. The smallest absolute Gasteiger partial charge is 0.147 e. The predicted molar refractivity (Wildman–Crippen MR) is 75.1 cm³/mol. The van der Waals surface area contributed by atoms with E-state index in [-0.39, 0.29) is 6.61 Å². The summed E-state index contributed by atoms with van der Waals surface area (Å²) in [6.07, 6.45) is 4.13. The van der Waals surface area contributed by atoms with Crippen LogP contribution >= 0.6 is 0 Å². The summed E-state index contributed by atoms with van der Waals surface area (Å²) in [6.45, 7) is 5.04. The van der Waals surface area contributed by atoms with Crippen molar-refractivity contribution in [3.05, 3.63) is 22.9 Å².